The van der Waals surface area contributed by atoms with Crippen molar-refractivity contribution >= 4 is 19.6 Å². The lowest BCUT2D eigenvalue weighted by Crippen LogP contribution is -2.52. The highest BCUT2D eigenvalue weighted by molar-refractivity contribution is 7.46. The number of H-pyrrole nitrogens is 1. The number of ketones is 1. The number of phosphoric acid groups is 1. The van der Waals surface area contributed by atoms with Gasteiger partial charge in [-0.05, 0) is 41.0 Å². The van der Waals surface area contributed by atoms with Crippen LogP contribution in [0.15, 0.2) is 101 Å². The molecule has 2 unspecified atom stereocenters. The Morgan fingerprint density at radius 1 is 0.830 bits per heavy atom. The van der Waals surface area contributed by atoms with Gasteiger partial charge in [-0.2, -0.15) is 0 Å². The number of phosphoric ester groups is 1. The lowest BCUT2D eigenvalue weighted by molar-refractivity contribution is -0.166. The Bertz CT molecular complexity index is 2020. The second kappa shape index (κ2) is 15.6. The number of methoxy groups -OCH3 is 2. The quantitative estimate of drug-likeness (QED) is 0.101. The minimum atomic E-state index is -5.43. The fourth-order valence-corrected chi connectivity index (χ4v) is 6.79. The van der Waals surface area contributed by atoms with Gasteiger partial charge >= 0.3 is 19.5 Å². The SMILES string of the molecule is COc1ccc(C(OC2[C@@H](C(OP(=O)(O)O)C(=O)C(C)(C)C)O[C@@H](n3ccc(=O)[nH]c3=O)[C@H]2OC(C)=O)(c2ccccc2)c2ccc(OC)cc2)cc1. The molecule has 2 heterocycles. The number of nitrogens with zero attached hydrogens (tertiary/aromatic N) is 1. The van der Waals surface area contributed by atoms with E-state index >= 15 is 0 Å². The molecule has 3 N–H and O–H groups in total. The zero-order valence-electron chi connectivity index (χ0n) is 29.8. The van der Waals surface area contributed by atoms with Crippen LogP contribution in [-0.4, -0.2) is 69.7 Å². The summed E-state index contributed by atoms with van der Waals surface area (Å²) in [5.41, 5.74) is -3.07. The van der Waals surface area contributed by atoms with Crippen LogP contribution >= 0.6 is 7.82 Å². The highest BCUT2D eigenvalue weighted by Gasteiger charge is 2.58. The third kappa shape index (κ3) is 8.51. The molecule has 1 aliphatic heterocycles. The molecule has 0 amide bonds. The first-order valence-electron chi connectivity index (χ1n) is 16.4. The zero-order valence-corrected chi connectivity index (χ0v) is 30.7. The first-order valence-corrected chi connectivity index (χ1v) is 18.0. The fraction of sp³-hybridized carbons (Fsp3) is 0.351. The van der Waals surface area contributed by atoms with Crippen molar-refractivity contribution in [1.29, 1.82) is 0 Å². The molecule has 3 aromatic carbocycles. The number of aromatic amines is 1. The molecule has 4 aromatic rings. The van der Waals surface area contributed by atoms with E-state index in [4.69, 9.17) is 28.2 Å². The summed E-state index contributed by atoms with van der Waals surface area (Å²) in [6, 6.07) is 23.8. The monoisotopic (exact) mass is 752 g/mol. The predicted molar refractivity (Wildman–Crippen MR) is 189 cm³/mol. The molecule has 1 fully saturated rings. The Morgan fingerprint density at radius 2 is 1.36 bits per heavy atom. The van der Waals surface area contributed by atoms with Gasteiger partial charge in [0.25, 0.3) is 5.56 Å². The van der Waals surface area contributed by atoms with Gasteiger partial charge in [-0.3, -0.25) is 28.5 Å². The second-order valence-electron chi connectivity index (χ2n) is 13.3. The van der Waals surface area contributed by atoms with Crippen LogP contribution in [0.5, 0.6) is 11.5 Å². The number of carbonyl (C=O) groups is 2. The van der Waals surface area contributed by atoms with E-state index in [1.807, 2.05) is 0 Å². The molecular formula is C37H41N2O13P. The number of rotatable bonds is 13. The summed E-state index contributed by atoms with van der Waals surface area (Å²) < 4.78 is 49.0. The number of hydrogen-bond donors (Lipinski definition) is 3. The molecular weight excluding hydrogens is 711 g/mol. The Balaban J connectivity index is 1.86. The zero-order chi connectivity index (χ0) is 38.7. The van der Waals surface area contributed by atoms with Gasteiger partial charge in [-0.25, -0.2) is 9.36 Å². The van der Waals surface area contributed by atoms with Crippen molar-refractivity contribution < 1.29 is 52.1 Å². The van der Waals surface area contributed by atoms with Crippen molar-refractivity contribution in [3.8, 4) is 11.5 Å². The summed E-state index contributed by atoms with van der Waals surface area (Å²) in [7, 11) is -2.41. The van der Waals surface area contributed by atoms with Crippen LogP contribution < -0.4 is 20.7 Å². The van der Waals surface area contributed by atoms with Gasteiger partial charge in [0.05, 0.1) is 14.2 Å². The molecule has 1 aliphatic rings. The van der Waals surface area contributed by atoms with E-state index < -0.39 is 72.5 Å². The average Bonchev–Trinajstić information content (AvgIpc) is 3.44. The third-order valence-electron chi connectivity index (χ3n) is 8.69. The van der Waals surface area contributed by atoms with E-state index in [1.54, 1.807) is 78.9 Å². The Kier molecular flexibility index (Phi) is 11.6. The van der Waals surface area contributed by atoms with Crippen molar-refractivity contribution in [3.05, 3.63) is 129 Å². The van der Waals surface area contributed by atoms with Crippen molar-refractivity contribution in [1.82, 2.24) is 9.55 Å². The van der Waals surface area contributed by atoms with E-state index in [-0.39, 0.29) is 0 Å². The van der Waals surface area contributed by atoms with Crippen LogP contribution in [0.4, 0.5) is 0 Å². The molecule has 16 heteroatoms. The smallest absolute Gasteiger partial charge is 0.470 e. The molecule has 0 aliphatic carbocycles. The lowest BCUT2D eigenvalue weighted by atomic mass is 9.79. The fourth-order valence-electron chi connectivity index (χ4n) is 6.28. The van der Waals surface area contributed by atoms with Crippen molar-refractivity contribution in [3.63, 3.8) is 0 Å². The van der Waals surface area contributed by atoms with Crippen LogP contribution in [0.1, 0.15) is 50.6 Å². The molecule has 0 bridgehead atoms. The highest BCUT2D eigenvalue weighted by atomic mass is 31.2. The summed E-state index contributed by atoms with van der Waals surface area (Å²) in [5.74, 6) is -0.596. The molecule has 1 saturated heterocycles. The minimum Gasteiger partial charge on any atom is -0.497 e. The maximum absolute atomic E-state index is 14.1. The number of aromatic nitrogens is 2. The Labute approximate surface area is 304 Å². The number of esters is 1. The van der Waals surface area contributed by atoms with E-state index in [1.165, 1.54) is 35.0 Å². The van der Waals surface area contributed by atoms with Gasteiger partial charge in [-0.15, -0.1) is 0 Å². The first-order chi connectivity index (χ1) is 25.0. The number of Topliss-reactive ketones (excluding diaryl/α,β-unsaturated/α-hetero) is 1. The van der Waals surface area contributed by atoms with Crippen LogP contribution in [0, 0.1) is 5.41 Å². The van der Waals surface area contributed by atoms with Crippen LogP contribution in [0.25, 0.3) is 0 Å². The molecule has 1 aromatic heterocycles. The molecule has 53 heavy (non-hydrogen) atoms. The second-order valence-corrected chi connectivity index (χ2v) is 14.5. The summed E-state index contributed by atoms with van der Waals surface area (Å²) in [4.78, 5) is 74.6. The van der Waals surface area contributed by atoms with Gasteiger partial charge in [0, 0.05) is 24.6 Å². The van der Waals surface area contributed by atoms with Gasteiger partial charge in [0.15, 0.2) is 24.2 Å². The Morgan fingerprint density at radius 3 is 1.81 bits per heavy atom. The van der Waals surface area contributed by atoms with E-state index in [2.05, 4.69) is 4.98 Å². The maximum atomic E-state index is 14.1. The van der Waals surface area contributed by atoms with Gasteiger partial charge in [0.1, 0.15) is 29.3 Å². The molecule has 15 nitrogen and oxygen atoms in total. The van der Waals surface area contributed by atoms with Crippen molar-refractivity contribution in [2.45, 2.75) is 63.9 Å². The summed E-state index contributed by atoms with van der Waals surface area (Å²) >= 11 is 0. The minimum absolute atomic E-state index is 0.509. The highest BCUT2D eigenvalue weighted by Crippen LogP contribution is 2.49. The third-order valence-corrected chi connectivity index (χ3v) is 9.19. The van der Waals surface area contributed by atoms with E-state index in [0.29, 0.717) is 28.2 Å². The number of nitrogens with one attached hydrogen (secondary N) is 1. The standard InChI is InChI=1S/C37H41N2O13P/c1-22(40)49-32-30(29(31(52-53(44,45)46)33(42)36(2,3)4)50-34(32)39-21-20-28(41)38-35(39)43)51-37(23-10-8-7-9-11-23,24-12-16-26(47-5)17-13-24)25-14-18-27(48-6)19-15-25/h7-21,29-32,34H,1-6H3,(H,38,41,43)(H2,44,45,46)/t29-,30?,31?,32-,34+/m0/s1. The van der Waals surface area contributed by atoms with Crippen molar-refractivity contribution in [2.24, 2.45) is 5.41 Å². The number of benzene rings is 3. The molecule has 0 saturated carbocycles. The largest absolute Gasteiger partial charge is 0.497 e. The van der Waals surface area contributed by atoms with Crippen molar-refractivity contribution in [2.75, 3.05) is 14.2 Å². The summed E-state index contributed by atoms with van der Waals surface area (Å²) in [5, 5.41) is 0. The lowest BCUT2D eigenvalue weighted by Gasteiger charge is -2.41. The van der Waals surface area contributed by atoms with Gasteiger partial charge in [0.2, 0.25) is 0 Å². The average molecular weight is 753 g/mol. The maximum Gasteiger partial charge on any atom is 0.470 e. The molecule has 5 atom stereocenters. The Hall–Kier alpha value is -4.89. The van der Waals surface area contributed by atoms with Crippen LogP contribution in [0.3, 0.4) is 0 Å². The summed E-state index contributed by atoms with van der Waals surface area (Å²) in [6.07, 6.45) is -7.49. The predicted octanol–water partition coefficient (Wildman–Crippen LogP) is 3.85. The first kappa shape index (κ1) is 39.3. The molecule has 282 valence electrons. The van der Waals surface area contributed by atoms with Crippen LogP contribution in [0.2, 0.25) is 0 Å². The summed E-state index contributed by atoms with van der Waals surface area (Å²) in [6.45, 7) is 5.67. The number of carbonyl (C=O) groups excluding carboxylic acids is 2. The van der Waals surface area contributed by atoms with Crippen LogP contribution in [-0.2, 0) is 38.5 Å². The van der Waals surface area contributed by atoms with Gasteiger partial charge in [-0.1, -0.05) is 75.4 Å². The molecule has 5 rings (SSSR count). The normalized spacial score (nSPS) is 19.7. The van der Waals surface area contributed by atoms with E-state index in [9.17, 15) is 33.5 Å². The molecule has 0 radical (unpaired) electrons. The van der Waals surface area contributed by atoms with E-state index in [0.717, 1.165) is 23.8 Å². The topological polar surface area (TPSA) is 202 Å². The molecule has 0 spiro atoms. The van der Waals surface area contributed by atoms with Gasteiger partial charge < -0.3 is 33.5 Å². The number of hydrogen-bond acceptors (Lipinski definition) is 11. The number of ether oxygens (including phenoxy) is 5.